The maximum Gasteiger partial charge on any atom is 0.128 e. The van der Waals surface area contributed by atoms with E-state index in [1.807, 2.05) is 11.9 Å². The van der Waals surface area contributed by atoms with Crippen molar-refractivity contribution in [3.63, 3.8) is 0 Å². The maximum atomic E-state index is 13.5. The molecule has 1 fully saturated rings. The van der Waals surface area contributed by atoms with Gasteiger partial charge in [0.25, 0.3) is 0 Å². The lowest BCUT2D eigenvalue weighted by Crippen LogP contribution is -2.42. The molecule has 1 aromatic carbocycles. The van der Waals surface area contributed by atoms with E-state index < -0.39 is 0 Å². The van der Waals surface area contributed by atoms with Gasteiger partial charge in [0.05, 0.1) is 10.7 Å². The molecule has 0 aromatic heterocycles. The molecule has 0 unspecified atom stereocenters. The topological polar surface area (TPSA) is 29.3 Å². The van der Waals surface area contributed by atoms with Gasteiger partial charge in [-0.05, 0) is 43.4 Å². The van der Waals surface area contributed by atoms with Gasteiger partial charge in [-0.1, -0.05) is 11.6 Å². The lowest BCUT2D eigenvalue weighted by Gasteiger charge is -2.36. The number of nitrogens with zero attached hydrogens (tertiary/aromatic N) is 1. The van der Waals surface area contributed by atoms with E-state index in [9.17, 15) is 4.39 Å². The van der Waals surface area contributed by atoms with Crippen LogP contribution in [0.25, 0.3) is 0 Å². The Morgan fingerprint density at radius 3 is 2.71 bits per heavy atom. The number of hydrogen-bond donors (Lipinski definition) is 1. The standard InChI is InChI=1S/C13H18ClFN2/c1-8-3-11(14)13(6-12(8)15)17(2)7-9-4-10(16)5-9/h3,6,9-10H,4-5,7,16H2,1-2H3. The number of anilines is 1. The minimum atomic E-state index is -0.207. The minimum Gasteiger partial charge on any atom is -0.373 e. The first-order chi connectivity index (χ1) is 7.97. The molecular formula is C13H18ClFN2. The molecule has 1 aliphatic carbocycles. The van der Waals surface area contributed by atoms with Gasteiger partial charge in [-0.2, -0.15) is 0 Å². The third-order valence-electron chi connectivity index (χ3n) is 3.44. The second kappa shape index (κ2) is 4.83. The van der Waals surface area contributed by atoms with E-state index in [4.69, 9.17) is 17.3 Å². The van der Waals surface area contributed by atoms with E-state index in [-0.39, 0.29) is 5.82 Å². The van der Waals surface area contributed by atoms with E-state index >= 15 is 0 Å². The van der Waals surface area contributed by atoms with Crippen molar-refractivity contribution >= 4 is 17.3 Å². The number of benzene rings is 1. The maximum absolute atomic E-state index is 13.5. The summed E-state index contributed by atoms with van der Waals surface area (Å²) < 4.78 is 13.5. The summed E-state index contributed by atoms with van der Waals surface area (Å²) in [5.74, 6) is 0.400. The molecule has 0 aliphatic heterocycles. The fraction of sp³-hybridized carbons (Fsp3) is 0.538. The molecule has 2 rings (SSSR count). The predicted octanol–water partition coefficient (Wildman–Crippen LogP) is 2.96. The molecule has 1 aliphatic rings. The summed E-state index contributed by atoms with van der Waals surface area (Å²) in [7, 11) is 1.94. The Bertz CT molecular complexity index is 416. The Morgan fingerprint density at radius 2 is 2.12 bits per heavy atom. The Morgan fingerprint density at radius 1 is 1.47 bits per heavy atom. The first kappa shape index (κ1) is 12.7. The number of nitrogens with two attached hydrogens (primary N) is 1. The number of halogens is 2. The third kappa shape index (κ3) is 2.72. The Hall–Kier alpha value is -0.800. The fourth-order valence-corrected chi connectivity index (χ4v) is 2.71. The van der Waals surface area contributed by atoms with Gasteiger partial charge in [-0.3, -0.25) is 0 Å². The highest BCUT2D eigenvalue weighted by molar-refractivity contribution is 6.33. The molecule has 0 bridgehead atoms. The summed E-state index contributed by atoms with van der Waals surface area (Å²) in [5, 5.41) is 0.607. The Kier molecular flexibility index (Phi) is 3.59. The van der Waals surface area contributed by atoms with Gasteiger partial charge in [0, 0.05) is 19.6 Å². The van der Waals surface area contributed by atoms with E-state index in [1.165, 1.54) is 6.07 Å². The molecule has 1 saturated carbocycles. The first-order valence-corrected chi connectivity index (χ1v) is 6.27. The SMILES string of the molecule is Cc1cc(Cl)c(N(C)CC2CC(N)C2)cc1F. The van der Waals surface area contributed by atoms with Gasteiger partial charge >= 0.3 is 0 Å². The van der Waals surface area contributed by atoms with Gasteiger partial charge < -0.3 is 10.6 Å². The van der Waals surface area contributed by atoms with Crippen molar-refractivity contribution < 1.29 is 4.39 Å². The summed E-state index contributed by atoms with van der Waals surface area (Å²) in [6.07, 6.45) is 2.10. The number of hydrogen-bond acceptors (Lipinski definition) is 2. The van der Waals surface area contributed by atoms with E-state index in [0.29, 0.717) is 22.5 Å². The Balaban J connectivity index is 2.08. The summed E-state index contributed by atoms with van der Waals surface area (Å²) >= 11 is 6.14. The van der Waals surface area contributed by atoms with Crippen LogP contribution < -0.4 is 10.6 Å². The molecule has 0 radical (unpaired) electrons. The zero-order valence-electron chi connectivity index (χ0n) is 10.2. The van der Waals surface area contributed by atoms with Crippen LogP contribution in [0.3, 0.4) is 0 Å². The van der Waals surface area contributed by atoms with Crippen molar-refractivity contribution in [1.29, 1.82) is 0 Å². The fourth-order valence-electron chi connectivity index (χ4n) is 2.35. The highest BCUT2D eigenvalue weighted by Crippen LogP contribution is 2.32. The summed E-state index contributed by atoms with van der Waals surface area (Å²) in [6, 6.07) is 3.53. The van der Waals surface area contributed by atoms with Crippen LogP contribution in [0.2, 0.25) is 5.02 Å². The van der Waals surface area contributed by atoms with Gasteiger partial charge in [0.1, 0.15) is 5.82 Å². The second-order valence-electron chi connectivity index (χ2n) is 5.03. The molecule has 17 heavy (non-hydrogen) atoms. The largest absolute Gasteiger partial charge is 0.373 e. The van der Waals surface area contributed by atoms with Crippen molar-refractivity contribution in [2.24, 2.45) is 11.7 Å². The lowest BCUT2D eigenvalue weighted by molar-refractivity contribution is 0.271. The molecule has 4 heteroatoms. The number of aryl methyl sites for hydroxylation is 1. The molecule has 0 heterocycles. The molecule has 0 atom stereocenters. The minimum absolute atomic E-state index is 0.207. The molecule has 2 N–H and O–H groups in total. The van der Waals surface area contributed by atoms with Crippen LogP contribution in [0.1, 0.15) is 18.4 Å². The quantitative estimate of drug-likeness (QED) is 0.901. The van der Waals surface area contributed by atoms with E-state index in [2.05, 4.69) is 0 Å². The van der Waals surface area contributed by atoms with Gasteiger partial charge in [-0.25, -0.2) is 4.39 Å². The average Bonchev–Trinajstić information content (AvgIpc) is 2.21. The van der Waals surface area contributed by atoms with Gasteiger partial charge in [0.2, 0.25) is 0 Å². The summed E-state index contributed by atoms with van der Waals surface area (Å²) in [6.45, 7) is 2.60. The molecule has 94 valence electrons. The zero-order chi connectivity index (χ0) is 12.6. The average molecular weight is 257 g/mol. The van der Waals surface area contributed by atoms with Gasteiger partial charge in [-0.15, -0.1) is 0 Å². The third-order valence-corrected chi connectivity index (χ3v) is 3.75. The molecule has 2 nitrogen and oxygen atoms in total. The number of rotatable bonds is 3. The smallest absolute Gasteiger partial charge is 0.128 e. The highest BCUT2D eigenvalue weighted by Gasteiger charge is 2.27. The zero-order valence-corrected chi connectivity index (χ0v) is 11.0. The normalized spacial score (nSPS) is 23.4. The van der Waals surface area contributed by atoms with E-state index in [1.54, 1.807) is 13.0 Å². The molecule has 0 spiro atoms. The highest BCUT2D eigenvalue weighted by atomic mass is 35.5. The molecule has 0 amide bonds. The van der Waals surface area contributed by atoms with Crippen molar-refractivity contribution in [3.8, 4) is 0 Å². The van der Waals surface area contributed by atoms with Crippen molar-refractivity contribution in [2.45, 2.75) is 25.8 Å². The van der Waals surface area contributed by atoms with E-state index in [0.717, 1.165) is 25.1 Å². The van der Waals surface area contributed by atoms with Crippen molar-refractivity contribution in [2.75, 3.05) is 18.5 Å². The van der Waals surface area contributed by atoms with Crippen molar-refractivity contribution in [1.82, 2.24) is 0 Å². The van der Waals surface area contributed by atoms with Crippen LogP contribution in [0, 0.1) is 18.7 Å². The molecule has 1 aromatic rings. The van der Waals surface area contributed by atoms with Crippen LogP contribution in [-0.4, -0.2) is 19.6 Å². The van der Waals surface area contributed by atoms with Crippen molar-refractivity contribution in [3.05, 3.63) is 28.5 Å². The summed E-state index contributed by atoms with van der Waals surface area (Å²) in [4.78, 5) is 2.02. The first-order valence-electron chi connectivity index (χ1n) is 5.89. The monoisotopic (exact) mass is 256 g/mol. The molecule has 0 saturated heterocycles. The molecular weight excluding hydrogens is 239 g/mol. The van der Waals surface area contributed by atoms with Crippen LogP contribution in [-0.2, 0) is 0 Å². The van der Waals surface area contributed by atoms with Gasteiger partial charge in [0.15, 0.2) is 0 Å². The lowest BCUT2D eigenvalue weighted by atomic mass is 9.80. The summed E-state index contributed by atoms with van der Waals surface area (Å²) in [5.41, 5.74) is 7.09. The Labute approximate surface area is 107 Å². The van der Waals surface area contributed by atoms with Crippen LogP contribution in [0.4, 0.5) is 10.1 Å². The predicted molar refractivity (Wildman–Crippen MR) is 70.1 cm³/mol. The van der Waals surface area contributed by atoms with Crippen LogP contribution in [0.15, 0.2) is 12.1 Å². The van der Waals surface area contributed by atoms with Crippen LogP contribution >= 0.6 is 11.6 Å². The second-order valence-corrected chi connectivity index (χ2v) is 5.44. The van der Waals surface area contributed by atoms with Crippen LogP contribution in [0.5, 0.6) is 0 Å².